The third-order valence-electron chi connectivity index (χ3n) is 4.78. The first-order valence-electron chi connectivity index (χ1n) is 10.4. The fourth-order valence-corrected chi connectivity index (χ4v) is 4.62. The molecule has 33 heavy (non-hydrogen) atoms. The Balaban J connectivity index is 1.61. The SMILES string of the molecule is CCOc1ccc(/C=C2\SC(=O)N(CCNC(=O)c3cccc(CSC)c3)C2=O)cc1OC. The van der Waals surface area contributed by atoms with Crippen molar-refractivity contribution in [2.45, 2.75) is 12.7 Å². The predicted octanol–water partition coefficient (Wildman–Crippen LogP) is 4.42. The molecule has 2 aromatic carbocycles. The van der Waals surface area contributed by atoms with Crippen LogP contribution >= 0.6 is 23.5 Å². The first-order valence-corrected chi connectivity index (χ1v) is 12.6. The number of benzene rings is 2. The molecule has 0 radical (unpaired) electrons. The van der Waals surface area contributed by atoms with Crippen molar-refractivity contribution >= 4 is 46.7 Å². The summed E-state index contributed by atoms with van der Waals surface area (Å²) in [6.07, 6.45) is 3.66. The molecule has 0 unspecified atom stereocenters. The van der Waals surface area contributed by atoms with E-state index in [1.807, 2.05) is 31.4 Å². The van der Waals surface area contributed by atoms with Gasteiger partial charge in [0.25, 0.3) is 17.1 Å². The summed E-state index contributed by atoms with van der Waals surface area (Å²) in [7, 11) is 1.54. The summed E-state index contributed by atoms with van der Waals surface area (Å²) in [5.74, 6) is 1.37. The van der Waals surface area contributed by atoms with Gasteiger partial charge in [0, 0.05) is 24.4 Å². The van der Waals surface area contributed by atoms with E-state index in [-0.39, 0.29) is 30.1 Å². The van der Waals surface area contributed by atoms with Crippen LogP contribution in [0.4, 0.5) is 4.79 Å². The molecule has 3 amide bonds. The lowest BCUT2D eigenvalue weighted by Gasteiger charge is -2.13. The summed E-state index contributed by atoms with van der Waals surface area (Å²) >= 11 is 2.56. The van der Waals surface area contributed by atoms with Crippen molar-refractivity contribution in [1.82, 2.24) is 10.2 Å². The van der Waals surface area contributed by atoms with Crippen molar-refractivity contribution < 1.29 is 23.9 Å². The lowest BCUT2D eigenvalue weighted by molar-refractivity contribution is -0.122. The zero-order valence-electron chi connectivity index (χ0n) is 18.8. The summed E-state index contributed by atoms with van der Waals surface area (Å²) < 4.78 is 10.8. The Hall–Kier alpha value is -2.91. The summed E-state index contributed by atoms with van der Waals surface area (Å²) in [5.41, 5.74) is 2.34. The molecule has 1 aliphatic heterocycles. The molecule has 3 rings (SSSR count). The van der Waals surface area contributed by atoms with E-state index >= 15 is 0 Å². The Kier molecular flexibility index (Phi) is 8.85. The average Bonchev–Trinajstić information content (AvgIpc) is 3.07. The minimum Gasteiger partial charge on any atom is -0.493 e. The van der Waals surface area contributed by atoms with Gasteiger partial charge in [0.2, 0.25) is 0 Å². The molecule has 9 heteroatoms. The number of nitrogens with zero attached hydrogens (tertiary/aromatic N) is 1. The number of hydrogen-bond acceptors (Lipinski definition) is 7. The fraction of sp³-hybridized carbons (Fsp3) is 0.292. The number of imide groups is 1. The number of ether oxygens (including phenoxy) is 2. The van der Waals surface area contributed by atoms with Crippen LogP contribution in [0.2, 0.25) is 0 Å². The zero-order valence-corrected chi connectivity index (χ0v) is 20.4. The molecule has 0 aromatic heterocycles. The Bertz CT molecular complexity index is 1070. The van der Waals surface area contributed by atoms with Crippen LogP contribution in [0.3, 0.4) is 0 Å². The number of hydrogen-bond donors (Lipinski definition) is 1. The van der Waals surface area contributed by atoms with Crippen molar-refractivity contribution in [2.75, 3.05) is 33.1 Å². The predicted molar refractivity (Wildman–Crippen MR) is 133 cm³/mol. The van der Waals surface area contributed by atoms with E-state index in [4.69, 9.17) is 9.47 Å². The number of methoxy groups -OCH3 is 1. The van der Waals surface area contributed by atoms with Gasteiger partial charge >= 0.3 is 0 Å². The maximum absolute atomic E-state index is 12.8. The van der Waals surface area contributed by atoms with Crippen molar-refractivity contribution in [1.29, 1.82) is 0 Å². The van der Waals surface area contributed by atoms with Gasteiger partial charge in [-0.1, -0.05) is 18.2 Å². The van der Waals surface area contributed by atoms with E-state index in [0.29, 0.717) is 28.6 Å². The van der Waals surface area contributed by atoms with Crippen molar-refractivity contribution in [3.8, 4) is 11.5 Å². The van der Waals surface area contributed by atoms with Gasteiger partial charge in [0.15, 0.2) is 11.5 Å². The van der Waals surface area contributed by atoms with Crippen LogP contribution in [0.5, 0.6) is 11.5 Å². The quantitative estimate of drug-likeness (QED) is 0.498. The summed E-state index contributed by atoms with van der Waals surface area (Å²) in [6.45, 7) is 2.67. The van der Waals surface area contributed by atoms with Crippen LogP contribution < -0.4 is 14.8 Å². The smallest absolute Gasteiger partial charge is 0.293 e. The Morgan fingerprint density at radius 2 is 2.00 bits per heavy atom. The van der Waals surface area contributed by atoms with Gasteiger partial charge < -0.3 is 14.8 Å². The number of carbonyl (C=O) groups excluding carboxylic acids is 3. The minimum absolute atomic E-state index is 0.102. The van der Waals surface area contributed by atoms with Gasteiger partial charge in [0.1, 0.15) is 0 Å². The van der Waals surface area contributed by atoms with Gasteiger partial charge in [-0.15, -0.1) is 0 Å². The highest BCUT2D eigenvalue weighted by Crippen LogP contribution is 2.34. The van der Waals surface area contributed by atoms with E-state index in [9.17, 15) is 14.4 Å². The third-order valence-corrected chi connectivity index (χ3v) is 6.31. The van der Waals surface area contributed by atoms with Gasteiger partial charge in [-0.2, -0.15) is 11.8 Å². The van der Waals surface area contributed by atoms with E-state index < -0.39 is 0 Å². The first kappa shape index (κ1) is 24.7. The summed E-state index contributed by atoms with van der Waals surface area (Å²) in [6, 6.07) is 12.7. The lowest BCUT2D eigenvalue weighted by Crippen LogP contribution is -2.37. The molecule has 1 N–H and O–H groups in total. The number of thioether (sulfide) groups is 2. The van der Waals surface area contributed by atoms with Gasteiger partial charge in [-0.05, 0) is 66.4 Å². The number of nitrogens with one attached hydrogen (secondary N) is 1. The van der Waals surface area contributed by atoms with Crippen LogP contribution in [-0.2, 0) is 10.5 Å². The second-order valence-corrected chi connectivity index (χ2v) is 8.93. The fourth-order valence-electron chi connectivity index (χ4n) is 3.25. The maximum atomic E-state index is 12.8. The van der Waals surface area contributed by atoms with E-state index in [1.165, 1.54) is 0 Å². The Morgan fingerprint density at radius 1 is 1.18 bits per heavy atom. The van der Waals surface area contributed by atoms with Crippen LogP contribution in [-0.4, -0.2) is 55.0 Å². The maximum Gasteiger partial charge on any atom is 0.293 e. The molecule has 2 aromatic rings. The average molecular weight is 487 g/mol. The van der Waals surface area contributed by atoms with Crippen LogP contribution in [0.1, 0.15) is 28.4 Å². The highest BCUT2D eigenvalue weighted by Gasteiger charge is 2.34. The highest BCUT2D eigenvalue weighted by molar-refractivity contribution is 8.18. The molecule has 1 heterocycles. The largest absolute Gasteiger partial charge is 0.493 e. The highest BCUT2D eigenvalue weighted by atomic mass is 32.2. The molecule has 0 atom stereocenters. The van der Waals surface area contributed by atoms with E-state index in [2.05, 4.69) is 5.32 Å². The molecular formula is C24H26N2O5S2. The second-order valence-electron chi connectivity index (χ2n) is 7.07. The standard InChI is InChI=1S/C24H26N2O5S2/c1-4-31-19-9-8-16(13-20(19)30-2)14-21-23(28)26(24(29)33-21)11-10-25-22(27)18-7-5-6-17(12-18)15-32-3/h5-9,12-14H,4,10-11,15H2,1-3H3,(H,25,27)/b21-14-. The number of amides is 3. The molecule has 0 bridgehead atoms. The molecular weight excluding hydrogens is 460 g/mol. The molecule has 1 aliphatic rings. The number of rotatable bonds is 10. The normalized spacial score (nSPS) is 14.6. The topological polar surface area (TPSA) is 84.9 Å². The van der Waals surface area contributed by atoms with Crippen molar-refractivity contribution in [3.05, 3.63) is 64.1 Å². The van der Waals surface area contributed by atoms with E-state index in [1.54, 1.807) is 49.2 Å². The number of carbonyl (C=O) groups is 3. The third kappa shape index (κ3) is 6.33. The second kappa shape index (κ2) is 11.8. The summed E-state index contributed by atoms with van der Waals surface area (Å²) in [4.78, 5) is 39.0. The first-order chi connectivity index (χ1) is 16.0. The summed E-state index contributed by atoms with van der Waals surface area (Å²) in [5, 5.41) is 2.42. The molecule has 1 saturated heterocycles. The molecule has 1 fully saturated rings. The van der Waals surface area contributed by atoms with Crippen LogP contribution in [0.15, 0.2) is 47.4 Å². The zero-order chi connectivity index (χ0) is 23.8. The van der Waals surface area contributed by atoms with Crippen molar-refractivity contribution in [2.24, 2.45) is 0 Å². The van der Waals surface area contributed by atoms with Gasteiger partial charge in [-0.3, -0.25) is 19.3 Å². The molecule has 0 saturated carbocycles. The van der Waals surface area contributed by atoms with Crippen LogP contribution in [0.25, 0.3) is 6.08 Å². The monoisotopic (exact) mass is 486 g/mol. The van der Waals surface area contributed by atoms with Crippen molar-refractivity contribution in [3.63, 3.8) is 0 Å². The van der Waals surface area contributed by atoms with Gasteiger partial charge in [0.05, 0.1) is 18.6 Å². The van der Waals surface area contributed by atoms with Gasteiger partial charge in [-0.25, -0.2) is 0 Å². The molecule has 0 spiro atoms. The van der Waals surface area contributed by atoms with E-state index in [0.717, 1.165) is 33.5 Å². The Morgan fingerprint density at radius 3 is 2.73 bits per heavy atom. The minimum atomic E-state index is -0.380. The molecule has 0 aliphatic carbocycles. The lowest BCUT2D eigenvalue weighted by atomic mass is 10.1. The Labute approximate surface area is 201 Å². The molecule has 174 valence electrons. The molecule has 7 nitrogen and oxygen atoms in total. The van der Waals surface area contributed by atoms with Crippen LogP contribution in [0, 0.1) is 0 Å².